The molecule has 0 aromatic heterocycles. The van der Waals surface area contributed by atoms with Crippen LogP contribution in [0.3, 0.4) is 0 Å². The van der Waals surface area contributed by atoms with Crippen molar-refractivity contribution in [3.63, 3.8) is 0 Å². The summed E-state index contributed by atoms with van der Waals surface area (Å²) >= 11 is 0. The molecular formula is C33H35F2NO3. The van der Waals surface area contributed by atoms with Crippen LogP contribution in [0.5, 0.6) is 5.75 Å². The zero-order valence-electron chi connectivity index (χ0n) is 22.8. The van der Waals surface area contributed by atoms with Crippen LogP contribution < -0.4 is 4.74 Å². The summed E-state index contributed by atoms with van der Waals surface area (Å²) in [7, 11) is 0. The first kappa shape index (κ1) is 26.9. The van der Waals surface area contributed by atoms with E-state index in [1.54, 1.807) is 4.90 Å². The molecule has 1 amide bonds. The second-order valence-electron chi connectivity index (χ2n) is 11.4. The summed E-state index contributed by atoms with van der Waals surface area (Å²) in [6.07, 6.45) is 4.34. The number of aryl methyl sites for hydroxylation is 1. The molecule has 4 nitrogen and oxygen atoms in total. The van der Waals surface area contributed by atoms with Gasteiger partial charge in [-0.1, -0.05) is 42.5 Å². The smallest absolute Gasteiger partial charge is 0.410 e. The first-order chi connectivity index (χ1) is 18.7. The summed E-state index contributed by atoms with van der Waals surface area (Å²) in [5.41, 5.74) is 3.63. The lowest BCUT2D eigenvalue weighted by atomic mass is 9.84. The number of benzene rings is 3. The van der Waals surface area contributed by atoms with E-state index in [0.29, 0.717) is 50.1 Å². The third-order valence-corrected chi connectivity index (χ3v) is 7.33. The fraction of sp³-hybridized carbons (Fsp3) is 0.364. The van der Waals surface area contributed by atoms with Crippen LogP contribution in [0.25, 0.3) is 5.57 Å². The van der Waals surface area contributed by atoms with Gasteiger partial charge in [0, 0.05) is 13.1 Å². The first-order valence-electron chi connectivity index (χ1n) is 13.7. The highest BCUT2D eigenvalue weighted by atomic mass is 19.1. The second kappa shape index (κ2) is 11.2. The molecule has 2 aliphatic rings. The Hall–Kier alpha value is -3.67. The highest BCUT2D eigenvalue weighted by Gasteiger charge is 2.29. The number of halogens is 2. The maximum absolute atomic E-state index is 15.5. The highest BCUT2D eigenvalue weighted by molar-refractivity contribution is 5.83. The van der Waals surface area contributed by atoms with E-state index in [0.717, 1.165) is 28.9 Å². The largest absolute Gasteiger partial charge is 0.489 e. The number of piperidine rings is 1. The topological polar surface area (TPSA) is 38.8 Å². The fourth-order valence-corrected chi connectivity index (χ4v) is 5.40. The molecular weight excluding hydrogens is 496 g/mol. The Morgan fingerprint density at radius 1 is 0.974 bits per heavy atom. The Morgan fingerprint density at radius 3 is 2.33 bits per heavy atom. The van der Waals surface area contributed by atoms with Gasteiger partial charge in [-0.15, -0.1) is 0 Å². The minimum atomic E-state index is -0.556. The maximum atomic E-state index is 15.5. The molecule has 0 spiro atoms. The number of allylic oxidation sites excluding steroid dienone is 1. The fourth-order valence-electron chi connectivity index (χ4n) is 5.40. The van der Waals surface area contributed by atoms with Crippen molar-refractivity contribution < 1.29 is 23.0 Å². The number of amides is 1. The quantitative estimate of drug-likeness (QED) is 0.334. The summed E-state index contributed by atoms with van der Waals surface area (Å²) in [6.45, 7) is 6.97. The number of rotatable bonds is 5. The molecule has 0 saturated carbocycles. The minimum absolute atomic E-state index is 0.0151. The van der Waals surface area contributed by atoms with Crippen LogP contribution in [-0.2, 0) is 17.8 Å². The van der Waals surface area contributed by atoms with Crippen molar-refractivity contribution in [2.75, 3.05) is 13.1 Å². The van der Waals surface area contributed by atoms with E-state index < -0.39 is 17.2 Å². The van der Waals surface area contributed by atoms with Crippen molar-refractivity contribution in [2.24, 2.45) is 0 Å². The Morgan fingerprint density at radius 2 is 1.67 bits per heavy atom. The van der Waals surface area contributed by atoms with Crippen molar-refractivity contribution in [3.05, 3.63) is 106 Å². The van der Waals surface area contributed by atoms with Gasteiger partial charge in [0.05, 0.1) is 5.56 Å². The molecule has 1 heterocycles. The summed E-state index contributed by atoms with van der Waals surface area (Å²) < 4.78 is 42.5. The number of likely N-dealkylation sites (tertiary alicyclic amines) is 1. The molecule has 3 aromatic carbocycles. The standard InChI is InChI=1S/C33H35F2NO3/c1-33(2,3)39-32(37)36-16-14-23(15-17-36)25-19-29(34)31(30(35)20-25)28-11-7-10-24-18-26(12-13-27(24)28)38-21-22-8-5-4-6-9-22/h4-6,8-9,11-13,18-20,23H,7,10,14-17,21H2,1-3H3. The normalized spacial score (nSPS) is 15.9. The molecule has 0 radical (unpaired) electrons. The van der Waals surface area contributed by atoms with Crippen LogP contribution in [-0.4, -0.2) is 29.7 Å². The van der Waals surface area contributed by atoms with Crippen LogP contribution in [0.2, 0.25) is 0 Å². The first-order valence-corrected chi connectivity index (χ1v) is 13.7. The Kier molecular flexibility index (Phi) is 7.74. The molecule has 1 aliphatic carbocycles. The number of ether oxygens (including phenoxy) is 2. The highest BCUT2D eigenvalue weighted by Crippen LogP contribution is 2.38. The number of carbonyl (C=O) groups excluding carboxylic acids is 1. The molecule has 0 unspecified atom stereocenters. The third-order valence-electron chi connectivity index (χ3n) is 7.33. The van der Waals surface area contributed by atoms with Crippen LogP contribution in [0.4, 0.5) is 13.6 Å². The molecule has 0 bridgehead atoms. The molecule has 204 valence electrons. The van der Waals surface area contributed by atoms with E-state index in [1.807, 2.05) is 75.4 Å². The van der Waals surface area contributed by atoms with Gasteiger partial charge in [-0.3, -0.25) is 0 Å². The molecule has 5 rings (SSSR count). The Labute approximate surface area is 229 Å². The van der Waals surface area contributed by atoms with Crippen molar-refractivity contribution in [1.29, 1.82) is 0 Å². The molecule has 3 aromatic rings. The minimum Gasteiger partial charge on any atom is -0.489 e. The van der Waals surface area contributed by atoms with Crippen molar-refractivity contribution in [3.8, 4) is 5.75 Å². The van der Waals surface area contributed by atoms with Gasteiger partial charge in [0.25, 0.3) is 0 Å². The van der Waals surface area contributed by atoms with Crippen molar-refractivity contribution >= 4 is 11.7 Å². The molecule has 6 heteroatoms. The predicted molar refractivity (Wildman–Crippen MR) is 149 cm³/mol. The van der Waals surface area contributed by atoms with Crippen molar-refractivity contribution in [1.82, 2.24) is 4.90 Å². The monoisotopic (exact) mass is 531 g/mol. The summed E-state index contributed by atoms with van der Waals surface area (Å²) in [6, 6.07) is 18.6. The number of hydrogen-bond donors (Lipinski definition) is 0. The van der Waals surface area contributed by atoms with Gasteiger partial charge in [-0.2, -0.15) is 0 Å². The zero-order chi connectivity index (χ0) is 27.6. The lowest BCUT2D eigenvalue weighted by molar-refractivity contribution is 0.0204. The van der Waals surface area contributed by atoms with E-state index in [1.165, 1.54) is 12.1 Å². The molecule has 1 aliphatic heterocycles. The van der Waals surface area contributed by atoms with E-state index >= 15 is 8.78 Å². The third kappa shape index (κ3) is 6.32. The van der Waals surface area contributed by atoms with Gasteiger partial charge in [-0.05, 0) is 104 Å². The zero-order valence-corrected chi connectivity index (χ0v) is 22.8. The van der Waals surface area contributed by atoms with Crippen LogP contribution >= 0.6 is 0 Å². The second-order valence-corrected chi connectivity index (χ2v) is 11.4. The lowest BCUT2D eigenvalue weighted by Gasteiger charge is -2.33. The molecule has 1 fully saturated rings. The summed E-state index contributed by atoms with van der Waals surface area (Å²) in [5.74, 6) is -0.377. The maximum Gasteiger partial charge on any atom is 0.410 e. The lowest BCUT2D eigenvalue weighted by Crippen LogP contribution is -2.41. The Balaban J connectivity index is 1.30. The van der Waals surface area contributed by atoms with Gasteiger partial charge in [0.2, 0.25) is 0 Å². The van der Waals surface area contributed by atoms with Gasteiger partial charge in [0.15, 0.2) is 0 Å². The Bertz CT molecular complexity index is 1350. The van der Waals surface area contributed by atoms with Gasteiger partial charge in [-0.25, -0.2) is 13.6 Å². The number of carbonyl (C=O) groups is 1. The van der Waals surface area contributed by atoms with E-state index in [-0.39, 0.29) is 17.6 Å². The van der Waals surface area contributed by atoms with Gasteiger partial charge in [0.1, 0.15) is 29.6 Å². The molecule has 0 N–H and O–H groups in total. The molecule has 39 heavy (non-hydrogen) atoms. The van der Waals surface area contributed by atoms with Crippen LogP contribution in [0.15, 0.2) is 66.7 Å². The SMILES string of the molecule is CC(C)(C)OC(=O)N1CCC(c2cc(F)c(C3=CCCc4cc(OCc5ccccc5)ccc43)c(F)c2)CC1. The number of hydrogen-bond acceptors (Lipinski definition) is 3. The summed E-state index contributed by atoms with van der Waals surface area (Å²) in [4.78, 5) is 14.0. The van der Waals surface area contributed by atoms with Gasteiger partial charge >= 0.3 is 6.09 Å². The predicted octanol–water partition coefficient (Wildman–Crippen LogP) is 8.04. The molecule has 1 saturated heterocycles. The number of nitrogens with zero attached hydrogens (tertiary/aromatic N) is 1. The number of fused-ring (bicyclic) bond motifs is 1. The average Bonchev–Trinajstić information content (AvgIpc) is 2.91. The van der Waals surface area contributed by atoms with E-state index in [9.17, 15) is 4.79 Å². The van der Waals surface area contributed by atoms with E-state index in [4.69, 9.17) is 9.47 Å². The van der Waals surface area contributed by atoms with Crippen LogP contribution in [0.1, 0.15) is 73.8 Å². The van der Waals surface area contributed by atoms with E-state index in [2.05, 4.69) is 0 Å². The van der Waals surface area contributed by atoms with Crippen molar-refractivity contribution in [2.45, 2.75) is 64.6 Å². The molecule has 0 atom stereocenters. The summed E-state index contributed by atoms with van der Waals surface area (Å²) in [5, 5.41) is 0. The van der Waals surface area contributed by atoms with Crippen LogP contribution in [0, 0.1) is 11.6 Å². The van der Waals surface area contributed by atoms with Gasteiger partial charge < -0.3 is 14.4 Å². The average molecular weight is 532 g/mol.